The topological polar surface area (TPSA) is 38.3 Å². The normalized spacial score (nSPS) is 19.0. The molecular weight excluding hydrogens is 319 g/mol. The Bertz CT molecular complexity index is 445. The maximum atomic E-state index is 13.7. The zero-order chi connectivity index (χ0) is 11.7. The molecule has 0 unspecified atom stereocenters. The van der Waals surface area contributed by atoms with Crippen molar-refractivity contribution in [3.05, 3.63) is 33.8 Å². The van der Waals surface area contributed by atoms with Gasteiger partial charge in [0.1, 0.15) is 11.6 Å². The molecule has 94 valence electrons. The lowest BCUT2D eigenvalue weighted by Crippen LogP contribution is -2.36. The van der Waals surface area contributed by atoms with Crippen LogP contribution in [0.2, 0.25) is 0 Å². The van der Waals surface area contributed by atoms with Crippen molar-refractivity contribution in [2.75, 3.05) is 6.61 Å². The highest BCUT2D eigenvalue weighted by Gasteiger charge is 2.27. The number of nitrogens with one attached hydrogen (secondary N) is 1. The summed E-state index contributed by atoms with van der Waals surface area (Å²) in [5.41, 5.74) is -0.133. The van der Waals surface area contributed by atoms with E-state index in [2.05, 4.69) is 26.0 Å². The van der Waals surface area contributed by atoms with E-state index in [0.29, 0.717) is 6.42 Å². The Morgan fingerprint density at radius 3 is 2.76 bits per heavy atom. The molecule has 1 aliphatic heterocycles. The number of carbonyl (C=O) groups excluding carboxylic acids is 1. The number of amides is 1. The highest BCUT2D eigenvalue weighted by molar-refractivity contribution is 9.10. The average molecular weight is 329 g/mol. The standard InChI is InChI=1S/C10H8BrF2NO2.ClH/c11-5-1-2-6(12)8(9(5)13)7-3-4-16-10(15)14-7;/h1-2,7H,3-4H2,(H,14,15);1H/t7-;/m1./s1. The second kappa shape index (κ2) is 5.64. The molecule has 0 bridgehead atoms. The van der Waals surface area contributed by atoms with Crippen LogP contribution in [0.15, 0.2) is 16.6 Å². The molecule has 1 heterocycles. The lowest BCUT2D eigenvalue weighted by molar-refractivity contribution is 0.114. The number of hydrogen-bond donors (Lipinski definition) is 1. The summed E-state index contributed by atoms with van der Waals surface area (Å²) in [6, 6.07) is 1.76. The highest BCUT2D eigenvalue weighted by Crippen LogP contribution is 2.29. The lowest BCUT2D eigenvalue weighted by Gasteiger charge is -2.24. The molecule has 0 aromatic heterocycles. The SMILES string of the molecule is Cl.O=C1N[C@@H](c2c(F)ccc(Br)c2F)CCO1. The maximum absolute atomic E-state index is 13.7. The Morgan fingerprint density at radius 1 is 1.41 bits per heavy atom. The number of benzene rings is 1. The number of carbonyl (C=O) groups is 1. The molecule has 1 aromatic rings. The van der Waals surface area contributed by atoms with Gasteiger partial charge in [0.25, 0.3) is 0 Å². The van der Waals surface area contributed by atoms with E-state index >= 15 is 0 Å². The van der Waals surface area contributed by atoms with Crippen LogP contribution in [0.4, 0.5) is 13.6 Å². The molecule has 1 amide bonds. The minimum atomic E-state index is -0.688. The van der Waals surface area contributed by atoms with E-state index < -0.39 is 23.8 Å². The molecule has 0 radical (unpaired) electrons. The molecule has 7 heteroatoms. The average Bonchev–Trinajstić information content (AvgIpc) is 2.24. The summed E-state index contributed by atoms with van der Waals surface area (Å²) in [5.74, 6) is -1.36. The van der Waals surface area contributed by atoms with Gasteiger partial charge in [-0.2, -0.15) is 0 Å². The van der Waals surface area contributed by atoms with Gasteiger partial charge >= 0.3 is 6.09 Å². The Morgan fingerprint density at radius 2 is 2.12 bits per heavy atom. The largest absolute Gasteiger partial charge is 0.449 e. The van der Waals surface area contributed by atoms with Gasteiger partial charge in [-0.3, -0.25) is 0 Å². The van der Waals surface area contributed by atoms with E-state index in [1.54, 1.807) is 0 Å². The Kier molecular flexibility index (Phi) is 4.70. The second-order valence-corrected chi connectivity index (χ2v) is 4.23. The third-order valence-electron chi connectivity index (χ3n) is 2.36. The molecule has 1 N–H and O–H groups in total. The molecular formula is C10H9BrClF2NO2. The Balaban J connectivity index is 0.00000144. The van der Waals surface area contributed by atoms with Crippen LogP contribution in [-0.4, -0.2) is 12.7 Å². The van der Waals surface area contributed by atoms with Crippen LogP contribution in [0.25, 0.3) is 0 Å². The molecule has 1 aliphatic rings. The smallest absolute Gasteiger partial charge is 0.407 e. The van der Waals surface area contributed by atoms with Crippen molar-refractivity contribution in [3.63, 3.8) is 0 Å². The van der Waals surface area contributed by atoms with Gasteiger partial charge in [0.15, 0.2) is 0 Å². The van der Waals surface area contributed by atoms with Crippen molar-refractivity contribution in [2.24, 2.45) is 0 Å². The predicted molar refractivity (Wildman–Crippen MR) is 63.1 cm³/mol. The van der Waals surface area contributed by atoms with Crippen LogP contribution in [0.5, 0.6) is 0 Å². The lowest BCUT2D eigenvalue weighted by atomic mass is 10.0. The molecule has 1 aromatic carbocycles. The zero-order valence-corrected chi connectivity index (χ0v) is 10.9. The van der Waals surface area contributed by atoms with Crippen molar-refractivity contribution in [1.82, 2.24) is 5.32 Å². The molecule has 0 aliphatic carbocycles. The van der Waals surface area contributed by atoms with Crippen LogP contribution < -0.4 is 5.32 Å². The van der Waals surface area contributed by atoms with Crippen LogP contribution >= 0.6 is 28.3 Å². The fraction of sp³-hybridized carbons (Fsp3) is 0.300. The summed E-state index contributed by atoms with van der Waals surface area (Å²) in [4.78, 5) is 11.0. The van der Waals surface area contributed by atoms with E-state index in [1.807, 2.05) is 0 Å². The van der Waals surface area contributed by atoms with Crippen LogP contribution in [0.1, 0.15) is 18.0 Å². The second-order valence-electron chi connectivity index (χ2n) is 3.38. The number of rotatable bonds is 1. The van der Waals surface area contributed by atoms with Crippen LogP contribution in [0.3, 0.4) is 0 Å². The van der Waals surface area contributed by atoms with Gasteiger partial charge in [-0.1, -0.05) is 0 Å². The minimum Gasteiger partial charge on any atom is -0.449 e. The van der Waals surface area contributed by atoms with Gasteiger partial charge < -0.3 is 10.1 Å². The summed E-state index contributed by atoms with van der Waals surface area (Å²) in [6.45, 7) is 0.155. The summed E-state index contributed by atoms with van der Waals surface area (Å²) < 4.78 is 32.0. The van der Waals surface area contributed by atoms with E-state index in [0.717, 1.165) is 6.07 Å². The number of halogens is 4. The third-order valence-corrected chi connectivity index (χ3v) is 2.97. The third kappa shape index (κ3) is 2.87. The first kappa shape index (κ1) is 14.2. The molecule has 0 saturated carbocycles. The van der Waals surface area contributed by atoms with Crippen molar-refractivity contribution in [1.29, 1.82) is 0 Å². The van der Waals surface area contributed by atoms with E-state index in [9.17, 15) is 13.6 Å². The molecule has 1 atom stereocenters. The first-order valence-electron chi connectivity index (χ1n) is 4.66. The molecule has 2 rings (SSSR count). The fourth-order valence-electron chi connectivity index (χ4n) is 1.60. The van der Waals surface area contributed by atoms with Gasteiger partial charge in [0, 0.05) is 12.0 Å². The molecule has 0 spiro atoms. The molecule has 1 fully saturated rings. The maximum Gasteiger partial charge on any atom is 0.407 e. The summed E-state index contributed by atoms with van der Waals surface area (Å²) in [5, 5.41) is 2.38. The quantitative estimate of drug-likeness (QED) is 0.803. The Labute approximate surface area is 111 Å². The number of ether oxygens (including phenoxy) is 1. The fourth-order valence-corrected chi connectivity index (χ4v) is 1.95. The monoisotopic (exact) mass is 327 g/mol. The first-order chi connectivity index (χ1) is 7.59. The van der Waals surface area contributed by atoms with Gasteiger partial charge in [0.05, 0.1) is 17.1 Å². The van der Waals surface area contributed by atoms with Gasteiger partial charge in [-0.05, 0) is 28.1 Å². The van der Waals surface area contributed by atoms with Gasteiger partial charge in [0.2, 0.25) is 0 Å². The van der Waals surface area contributed by atoms with Gasteiger partial charge in [-0.25, -0.2) is 13.6 Å². The van der Waals surface area contributed by atoms with Crippen LogP contribution in [-0.2, 0) is 4.74 Å². The van der Waals surface area contributed by atoms with E-state index in [1.165, 1.54) is 6.07 Å². The van der Waals surface area contributed by atoms with Crippen LogP contribution in [0, 0.1) is 11.6 Å². The number of hydrogen-bond acceptors (Lipinski definition) is 2. The van der Waals surface area contributed by atoms with Crippen molar-refractivity contribution < 1.29 is 18.3 Å². The summed E-state index contributed by atoms with van der Waals surface area (Å²) in [6.07, 6.45) is -0.314. The van der Waals surface area contributed by atoms with E-state index in [4.69, 9.17) is 0 Å². The summed E-state index contributed by atoms with van der Waals surface area (Å²) in [7, 11) is 0. The van der Waals surface area contributed by atoms with Crippen molar-refractivity contribution in [2.45, 2.75) is 12.5 Å². The number of alkyl carbamates (subject to hydrolysis) is 1. The van der Waals surface area contributed by atoms with Gasteiger partial charge in [-0.15, -0.1) is 12.4 Å². The minimum absolute atomic E-state index is 0. The predicted octanol–water partition coefficient (Wildman–Crippen LogP) is 3.32. The number of cyclic esters (lactones) is 1. The Hall–Kier alpha value is -0.880. The highest BCUT2D eigenvalue weighted by atomic mass is 79.9. The van der Waals surface area contributed by atoms with Crippen molar-refractivity contribution >= 4 is 34.4 Å². The zero-order valence-electron chi connectivity index (χ0n) is 8.50. The summed E-state index contributed by atoms with van der Waals surface area (Å²) >= 11 is 2.98. The van der Waals surface area contributed by atoms with E-state index in [-0.39, 0.29) is 29.1 Å². The molecule has 17 heavy (non-hydrogen) atoms. The van der Waals surface area contributed by atoms with Crippen molar-refractivity contribution in [3.8, 4) is 0 Å². The molecule has 3 nitrogen and oxygen atoms in total. The molecule has 1 saturated heterocycles. The first-order valence-corrected chi connectivity index (χ1v) is 5.45.